The van der Waals surface area contributed by atoms with Gasteiger partial charge in [0.05, 0.1) is 33.8 Å². The van der Waals surface area contributed by atoms with Crippen molar-refractivity contribution in [3.63, 3.8) is 0 Å². The number of hydrogen-bond acceptors (Lipinski definition) is 7. The van der Waals surface area contributed by atoms with Crippen LogP contribution in [0.5, 0.6) is 0 Å². The zero-order valence-electron chi connectivity index (χ0n) is 33.4. The van der Waals surface area contributed by atoms with Crippen LogP contribution in [-0.4, -0.2) is 29.9 Å². The number of thiophene rings is 3. The molecule has 3 aromatic carbocycles. The lowest BCUT2D eigenvalue weighted by atomic mass is 10.1. The maximum Gasteiger partial charge on any atom is 0.0886 e. The Morgan fingerprint density at radius 3 is 1.44 bits per heavy atom. The van der Waals surface area contributed by atoms with Crippen molar-refractivity contribution < 1.29 is 0 Å². The summed E-state index contributed by atoms with van der Waals surface area (Å²) in [6.07, 6.45) is 12.5. The molecule has 7 aromatic heterocycles. The Labute approximate surface area is 371 Å². The molecule has 13 rings (SSSR count). The summed E-state index contributed by atoms with van der Waals surface area (Å²) < 4.78 is 0. The molecule has 1 aliphatic carbocycles. The zero-order chi connectivity index (χ0) is 41.5. The molecule has 0 amide bonds. The first kappa shape index (κ1) is 38.9. The minimum Gasteiger partial charge on any atom is -0.355 e. The molecule has 62 heavy (non-hydrogen) atoms. The smallest absolute Gasteiger partial charge is 0.0886 e. The van der Waals surface area contributed by atoms with Gasteiger partial charge in [-0.05, 0) is 164 Å². The van der Waals surface area contributed by atoms with E-state index in [2.05, 4.69) is 154 Å². The molecule has 298 valence electrons. The van der Waals surface area contributed by atoms with Crippen molar-refractivity contribution in [3.05, 3.63) is 213 Å². The van der Waals surface area contributed by atoms with Gasteiger partial charge >= 0.3 is 0 Å². The van der Waals surface area contributed by atoms with Gasteiger partial charge in [-0.15, -0.1) is 11.3 Å². The lowest BCUT2D eigenvalue weighted by molar-refractivity contribution is 1.26. The quantitative estimate of drug-likeness (QED) is 0.181. The highest BCUT2D eigenvalue weighted by Crippen LogP contribution is 2.38. The Kier molecular flexibility index (Phi) is 11.4. The number of H-pyrrole nitrogens is 2. The van der Waals surface area contributed by atoms with E-state index >= 15 is 0 Å². The summed E-state index contributed by atoms with van der Waals surface area (Å²) in [5, 5.41) is 10.8. The van der Waals surface area contributed by atoms with Crippen molar-refractivity contribution >= 4 is 91.4 Å². The first-order valence-electron chi connectivity index (χ1n) is 20.2. The van der Waals surface area contributed by atoms with Crippen LogP contribution in [0.2, 0.25) is 0 Å². The fourth-order valence-electron chi connectivity index (χ4n) is 7.50. The number of para-hydroxylation sites is 2. The first-order chi connectivity index (χ1) is 30.7. The van der Waals surface area contributed by atoms with Gasteiger partial charge in [-0.25, -0.2) is 9.97 Å². The van der Waals surface area contributed by atoms with Gasteiger partial charge in [0.15, 0.2) is 0 Å². The number of nitrogens with zero attached hydrogens (tertiary/aromatic N) is 4. The molecule has 0 saturated carbocycles. The monoisotopic (exact) mass is 854 g/mol. The van der Waals surface area contributed by atoms with Crippen molar-refractivity contribution in [2.75, 3.05) is 0 Å². The minimum atomic E-state index is 0.915. The number of benzene rings is 3. The van der Waals surface area contributed by atoms with E-state index in [-0.39, 0.29) is 0 Å². The molecule has 6 nitrogen and oxygen atoms in total. The topological polar surface area (TPSA) is 83.1 Å². The molecule has 10 aromatic rings. The molecule has 0 spiro atoms. The third-order valence-corrected chi connectivity index (χ3v) is 12.7. The molecule has 0 radical (unpaired) electrons. The Bertz CT molecular complexity index is 3100. The van der Waals surface area contributed by atoms with E-state index in [1.54, 1.807) is 35.1 Å². The minimum absolute atomic E-state index is 0.915. The van der Waals surface area contributed by atoms with Gasteiger partial charge in [0.2, 0.25) is 0 Å². The van der Waals surface area contributed by atoms with Gasteiger partial charge in [0, 0.05) is 50.5 Å². The SMILES string of the molecule is C1=Cc2cc3ccc(cc4ccc(cc5nc(cc1n2)C=C5)[nH]4)[nH]3.c1cc(-c2ccsc2-c2ccsc2)cs1.c1ccc2c(c1)Cc1ccccc1-2.c1ccc2nccnc2c1. The third kappa shape index (κ3) is 9.06. The van der Waals surface area contributed by atoms with Gasteiger partial charge in [-0.3, -0.25) is 9.97 Å². The predicted molar refractivity (Wildman–Crippen MR) is 264 cm³/mol. The van der Waals surface area contributed by atoms with Crippen molar-refractivity contribution in [1.82, 2.24) is 29.9 Å². The van der Waals surface area contributed by atoms with E-state index in [0.29, 0.717) is 0 Å². The number of aromatic amines is 2. The van der Waals surface area contributed by atoms with Crippen LogP contribution in [-0.2, 0) is 6.42 Å². The maximum atomic E-state index is 4.62. The summed E-state index contributed by atoms with van der Waals surface area (Å²) in [6.45, 7) is 0. The standard InChI is InChI=1S/C20H14N4.C13H10.C12H8S3.C8H6N2/c1-2-14-10-16-5-6-18(23-16)12-20-8-7-19(24-20)11-17-4-3-15(22-17)9-13(1)21-14;1-3-7-12-10(5-1)9-11-6-2-4-8-13(11)12;1-4-13-7-9(1)11-3-6-15-12(11)10-2-5-14-8-10;1-2-4-8-7(3-1)9-5-6-10-8/h1-12,21-22H;1-8H,9H2;1-8H;1-6H. The summed E-state index contributed by atoms with van der Waals surface area (Å²) >= 11 is 5.32. The average molecular weight is 855 g/mol. The number of aromatic nitrogens is 6. The molecule has 0 unspecified atom stereocenters. The van der Waals surface area contributed by atoms with E-state index in [1.807, 2.05) is 78.1 Å². The second kappa shape index (κ2) is 18.1. The summed E-state index contributed by atoms with van der Waals surface area (Å²) in [5.41, 5.74) is 19.6. The van der Waals surface area contributed by atoms with Gasteiger partial charge in [-0.1, -0.05) is 60.7 Å². The van der Waals surface area contributed by atoms with Crippen LogP contribution in [0.1, 0.15) is 33.9 Å². The van der Waals surface area contributed by atoms with Crippen LogP contribution < -0.4 is 0 Å². The Balaban J connectivity index is 0.000000104. The van der Waals surface area contributed by atoms with Crippen LogP contribution >= 0.6 is 34.0 Å². The van der Waals surface area contributed by atoms with Crippen LogP contribution in [0.3, 0.4) is 0 Å². The maximum absolute atomic E-state index is 4.62. The number of rotatable bonds is 2. The van der Waals surface area contributed by atoms with Crippen molar-refractivity contribution in [3.8, 4) is 32.7 Å². The highest BCUT2D eigenvalue weighted by Gasteiger charge is 2.16. The molecular weight excluding hydrogens is 817 g/mol. The molecule has 9 heterocycles. The van der Waals surface area contributed by atoms with E-state index in [0.717, 1.165) is 62.3 Å². The summed E-state index contributed by atoms with van der Waals surface area (Å²) in [5.74, 6) is 0. The molecule has 3 aliphatic rings. The molecule has 0 fully saturated rings. The fourth-order valence-corrected chi connectivity index (χ4v) is 9.80. The van der Waals surface area contributed by atoms with Crippen molar-refractivity contribution in [2.45, 2.75) is 6.42 Å². The molecule has 8 bridgehead atoms. The number of fused-ring (bicyclic) bond motifs is 12. The van der Waals surface area contributed by atoms with Gasteiger partial charge in [0.1, 0.15) is 0 Å². The van der Waals surface area contributed by atoms with Crippen molar-refractivity contribution in [1.29, 1.82) is 0 Å². The second-order valence-electron chi connectivity index (χ2n) is 14.6. The molecule has 2 N–H and O–H groups in total. The van der Waals surface area contributed by atoms with Crippen LogP contribution in [0.15, 0.2) is 179 Å². The van der Waals surface area contributed by atoms with Gasteiger partial charge < -0.3 is 9.97 Å². The van der Waals surface area contributed by atoms with Crippen LogP contribution in [0, 0.1) is 0 Å². The third-order valence-electron chi connectivity index (χ3n) is 10.4. The van der Waals surface area contributed by atoms with E-state index < -0.39 is 0 Å². The van der Waals surface area contributed by atoms with Crippen LogP contribution in [0.4, 0.5) is 0 Å². The molecule has 9 heteroatoms. The number of nitrogens with one attached hydrogen (secondary N) is 2. The second-order valence-corrected chi connectivity index (χ2v) is 17.1. The molecule has 0 atom stereocenters. The van der Waals surface area contributed by atoms with E-state index in [9.17, 15) is 0 Å². The molecule has 2 aliphatic heterocycles. The summed E-state index contributed by atoms with van der Waals surface area (Å²) in [6, 6.07) is 48.1. The van der Waals surface area contributed by atoms with Crippen molar-refractivity contribution in [2.24, 2.45) is 0 Å². The number of hydrogen-bond donors (Lipinski definition) is 2. The zero-order valence-corrected chi connectivity index (χ0v) is 35.8. The Morgan fingerprint density at radius 2 is 0.903 bits per heavy atom. The first-order valence-corrected chi connectivity index (χ1v) is 22.9. The predicted octanol–water partition coefficient (Wildman–Crippen LogP) is 14.7. The molecule has 0 saturated heterocycles. The Morgan fingerprint density at radius 1 is 0.419 bits per heavy atom. The normalized spacial score (nSPS) is 11.7. The van der Waals surface area contributed by atoms with E-state index in [4.69, 9.17) is 0 Å². The average Bonchev–Trinajstić information content (AvgIpc) is 4.15. The lowest BCUT2D eigenvalue weighted by Crippen LogP contribution is -1.78. The Hall–Kier alpha value is -7.30. The fraction of sp³-hybridized carbons (Fsp3) is 0.0189. The van der Waals surface area contributed by atoms with Gasteiger partial charge in [0.25, 0.3) is 0 Å². The summed E-state index contributed by atoms with van der Waals surface area (Å²) in [7, 11) is 0. The molecular formula is C53H38N6S3. The van der Waals surface area contributed by atoms with Crippen LogP contribution in [0.25, 0.3) is 90.1 Å². The van der Waals surface area contributed by atoms with E-state index in [1.165, 1.54) is 43.8 Å². The largest absolute Gasteiger partial charge is 0.355 e. The lowest BCUT2D eigenvalue weighted by Gasteiger charge is -1.98. The highest BCUT2D eigenvalue weighted by atomic mass is 32.1. The van der Waals surface area contributed by atoms with Gasteiger partial charge in [-0.2, -0.15) is 22.7 Å². The highest BCUT2D eigenvalue weighted by molar-refractivity contribution is 7.15. The summed E-state index contributed by atoms with van der Waals surface area (Å²) in [4.78, 5) is 25.6.